The van der Waals surface area contributed by atoms with Crippen LogP contribution in [0.15, 0.2) is 0 Å². The summed E-state index contributed by atoms with van der Waals surface area (Å²) >= 11 is 0. The molecule has 6 heteroatoms. The van der Waals surface area contributed by atoms with Gasteiger partial charge >= 0.3 is 0 Å². The quantitative estimate of drug-likeness (QED) is 0.418. The van der Waals surface area contributed by atoms with E-state index in [9.17, 15) is 0 Å². The molecular weight excluding hydrogens is 338 g/mol. The molecule has 0 saturated heterocycles. The van der Waals surface area contributed by atoms with Gasteiger partial charge in [0.1, 0.15) is 0 Å². The predicted octanol–water partition coefficient (Wildman–Crippen LogP) is -0.923. The van der Waals surface area contributed by atoms with Crippen molar-refractivity contribution in [2.24, 2.45) is 0 Å². The zero-order chi connectivity index (χ0) is 10.0. The molecule has 0 N–H and O–H groups in total. The number of hydrogen-bond donors (Lipinski definition) is 0. The normalized spacial score (nSPS) is 1.67. The SMILES string of the molecule is [CH-]=O.[CH-]=O.[CH-]=O.[CH-]=O.[CH-]=O.[CH3-].[Re]. The first-order chi connectivity index (χ1) is 5.00. The first-order valence-corrected chi connectivity index (χ1v) is 1.18. The third kappa shape index (κ3) is 593. The van der Waals surface area contributed by atoms with Crippen molar-refractivity contribution in [3.63, 3.8) is 0 Å². The molecule has 1 radical (unpaired) electrons. The van der Waals surface area contributed by atoms with Crippen molar-refractivity contribution in [3.05, 3.63) is 7.43 Å². The van der Waals surface area contributed by atoms with E-state index in [1.54, 1.807) is 0 Å². The van der Waals surface area contributed by atoms with Gasteiger partial charge in [-0.3, -0.25) is 33.9 Å². The van der Waals surface area contributed by atoms with E-state index in [4.69, 9.17) is 24.0 Å². The fourth-order valence-corrected chi connectivity index (χ4v) is 0. The minimum atomic E-state index is 0. The van der Waals surface area contributed by atoms with Gasteiger partial charge < -0.3 is 31.4 Å². The van der Waals surface area contributed by atoms with Crippen LogP contribution in [0.2, 0.25) is 0 Å². The topological polar surface area (TPSA) is 85.3 Å². The van der Waals surface area contributed by atoms with Gasteiger partial charge in [0.2, 0.25) is 0 Å². The van der Waals surface area contributed by atoms with Crippen molar-refractivity contribution in [1.29, 1.82) is 0 Å². The Kier molecular flexibility index (Phi) is 4760. The van der Waals surface area contributed by atoms with Gasteiger partial charge in [-0.1, -0.05) is 0 Å². The van der Waals surface area contributed by atoms with E-state index in [2.05, 4.69) is 33.9 Å². The summed E-state index contributed by atoms with van der Waals surface area (Å²) in [5.41, 5.74) is 0. The Labute approximate surface area is 86.2 Å². The average molecular weight is 346 g/mol. The summed E-state index contributed by atoms with van der Waals surface area (Å²) in [7, 11) is 0. The van der Waals surface area contributed by atoms with Crippen LogP contribution in [0.25, 0.3) is 0 Å². The third-order valence-corrected chi connectivity index (χ3v) is 0. The minimum absolute atomic E-state index is 0. The smallest absolute Gasteiger partial charge is 0 e. The van der Waals surface area contributed by atoms with Crippen molar-refractivity contribution >= 4 is 33.9 Å². The van der Waals surface area contributed by atoms with Crippen LogP contribution < -0.4 is 0 Å². The van der Waals surface area contributed by atoms with Crippen LogP contribution in [-0.4, -0.2) is 33.9 Å². The third-order valence-electron chi connectivity index (χ3n) is 0. The summed E-state index contributed by atoms with van der Waals surface area (Å²) in [6, 6.07) is 0. The van der Waals surface area contributed by atoms with Crippen LogP contribution >= 0.6 is 0 Å². The van der Waals surface area contributed by atoms with E-state index in [0.29, 0.717) is 0 Å². The van der Waals surface area contributed by atoms with Gasteiger partial charge in [-0.25, -0.2) is 0 Å². The van der Waals surface area contributed by atoms with Crippen LogP contribution in [-0.2, 0) is 44.4 Å². The molecule has 12 heavy (non-hydrogen) atoms. The molecule has 0 aromatic carbocycles. The predicted molar refractivity (Wildman–Crippen MR) is 40.2 cm³/mol. The van der Waals surface area contributed by atoms with Crippen LogP contribution in [0, 0.1) is 7.43 Å². The van der Waals surface area contributed by atoms with E-state index in [1.807, 2.05) is 0 Å². The molecule has 0 fully saturated rings. The number of rotatable bonds is 0. The summed E-state index contributed by atoms with van der Waals surface area (Å²) in [5, 5.41) is 0. The van der Waals surface area contributed by atoms with Crippen LogP contribution in [0.3, 0.4) is 0 Å². The molecule has 0 rings (SSSR count). The van der Waals surface area contributed by atoms with Crippen molar-refractivity contribution < 1.29 is 44.4 Å². The number of carbonyl (C=O) groups excluding carboxylic acids is 5. The van der Waals surface area contributed by atoms with Gasteiger partial charge in [0.25, 0.3) is 0 Å². The summed E-state index contributed by atoms with van der Waals surface area (Å²) < 4.78 is 0. The van der Waals surface area contributed by atoms with Crippen LogP contribution in [0.5, 0.6) is 0 Å². The molecule has 0 bridgehead atoms. The molecule has 0 unspecified atom stereocenters. The molecule has 0 aliphatic carbocycles. The Bertz CT molecular complexity index is 27.5. The maximum absolute atomic E-state index is 7.75. The van der Waals surface area contributed by atoms with E-state index >= 15 is 0 Å². The van der Waals surface area contributed by atoms with Crippen molar-refractivity contribution in [1.82, 2.24) is 0 Å². The summed E-state index contributed by atoms with van der Waals surface area (Å²) in [6.07, 6.45) is 0. The van der Waals surface area contributed by atoms with E-state index in [-0.39, 0.29) is 27.8 Å². The fourth-order valence-electron chi connectivity index (χ4n) is 0. The Hall–Kier alpha value is -0.988. The van der Waals surface area contributed by atoms with Gasteiger partial charge in [-0.2, -0.15) is 0 Å². The second kappa shape index (κ2) is 834. The molecule has 0 aromatic rings. The van der Waals surface area contributed by atoms with Crippen molar-refractivity contribution in [2.45, 2.75) is 0 Å². The maximum atomic E-state index is 7.75. The molecule has 0 heterocycles. The molecule has 75 valence electrons. The van der Waals surface area contributed by atoms with Crippen LogP contribution in [0.4, 0.5) is 0 Å². The van der Waals surface area contributed by atoms with Gasteiger partial charge in [-0.05, 0) is 0 Å². The zero-order valence-electron chi connectivity index (χ0n) is 6.31. The fraction of sp³-hybridized carbons (Fsp3) is 0. The van der Waals surface area contributed by atoms with Gasteiger partial charge in [0, 0.05) is 20.4 Å². The Morgan fingerprint density at radius 3 is 0.417 bits per heavy atom. The molecule has 0 aliphatic rings. The number of hydrogen-bond acceptors (Lipinski definition) is 5. The Morgan fingerprint density at radius 1 is 0.417 bits per heavy atom. The molecule has 0 spiro atoms. The van der Waals surface area contributed by atoms with E-state index in [0.717, 1.165) is 0 Å². The molecule has 5 nitrogen and oxygen atoms in total. The molecule has 0 amide bonds. The first kappa shape index (κ1) is 68.6. The summed E-state index contributed by atoms with van der Waals surface area (Å²) in [5.74, 6) is 0. The van der Waals surface area contributed by atoms with Crippen molar-refractivity contribution in [3.8, 4) is 0 Å². The monoisotopic (exact) mass is 347 g/mol. The Morgan fingerprint density at radius 2 is 0.417 bits per heavy atom. The molecule has 0 aromatic heterocycles. The zero-order valence-corrected chi connectivity index (χ0v) is 9.02. The standard InChI is InChI=1S/5CHO.CH3.Re/c5*1-2;;/h5*1H;1H3;/q6*-1;. The summed E-state index contributed by atoms with van der Waals surface area (Å²) in [4.78, 5) is 38.8. The largest absolute Gasteiger partial charge is 0.545 e. The van der Waals surface area contributed by atoms with Gasteiger partial charge in [0.15, 0.2) is 0 Å². The van der Waals surface area contributed by atoms with E-state index < -0.39 is 0 Å². The van der Waals surface area contributed by atoms with Crippen LogP contribution in [0.1, 0.15) is 0 Å². The van der Waals surface area contributed by atoms with Crippen molar-refractivity contribution in [2.75, 3.05) is 0 Å². The molecule has 0 saturated carbocycles. The Balaban J connectivity index is -0.00000000500. The average Bonchev–Trinajstić information content (AvgIpc) is 2.20. The van der Waals surface area contributed by atoms with Gasteiger partial charge in [0.05, 0.1) is 0 Å². The minimum Gasteiger partial charge on any atom is -0.545 e. The molecular formula is C6H8O5Re-6. The van der Waals surface area contributed by atoms with Gasteiger partial charge in [-0.15, -0.1) is 0 Å². The molecule has 0 aliphatic heterocycles. The second-order valence-electron chi connectivity index (χ2n) is 0. The van der Waals surface area contributed by atoms with E-state index in [1.165, 1.54) is 0 Å². The first-order valence-electron chi connectivity index (χ1n) is 1.18. The molecule has 0 atom stereocenters. The summed E-state index contributed by atoms with van der Waals surface area (Å²) in [6.45, 7) is 16.2. The second-order valence-corrected chi connectivity index (χ2v) is 0. The maximum Gasteiger partial charge on any atom is 0 e.